The maximum absolute atomic E-state index is 11.0. The Morgan fingerprint density at radius 1 is 1.33 bits per heavy atom. The van der Waals surface area contributed by atoms with Gasteiger partial charge in [0.2, 0.25) is 0 Å². The fourth-order valence-electron chi connectivity index (χ4n) is 1.83. The number of hydrogen-bond acceptors (Lipinski definition) is 2. The number of thiophene rings is 1. The van der Waals surface area contributed by atoms with Crippen LogP contribution in [0.3, 0.4) is 0 Å². The van der Waals surface area contributed by atoms with Crippen molar-refractivity contribution < 1.29 is 4.79 Å². The predicted octanol–water partition coefficient (Wildman–Crippen LogP) is 4.16. The van der Waals surface area contributed by atoms with Gasteiger partial charge in [0, 0.05) is 4.70 Å². The van der Waals surface area contributed by atoms with E-state index in [0.717, 1.165) is 16.0 Å². The molecule has 76 valence electrons. The Morgan fingerprint density at radius 3 is 2.80 bits per heavy atom. The fourth-order valence-corrected chi connectivity index (χ4v) is 2.87. The van der Waals surface area contributed by atoms with Crippen molar-refractivity contribution in [3.63, 3.8) is 0 Å². The first kappa shape index (κ1) is 9.37. The number of fused-ring (bicyclic) bond motifs is 1. The summed E-state index contributed by atoms with van der Waals surface area (Å²) in [4.78, 5) is 11.7. The lowest BCUT2D eigenvalue weighted by atomic mass is 10.1. The van der Waals surface area contributed by atoms with E-state index in [1.165, 1.54) is 29.7 Å². The van der Waals surface area contributed by atoms with Crippen LogP contribution in [-0.2, 0) is 0 Å². The van der Waals surface area contributed by atoms with Gasteiger partial charge in [0.25, 0.3) is 5.24 Å². The third-order valence-electron chi connectivity index (χ3n) is 2.78. The molecule has 0 aliphatic heterocycles. The highest BCUT2D eigenvalue weighted by atomic mass is 35.5. The van der Waals surface area contributed by atoms with E-state index in [2.05, 4.69) is 18.2 Å². The Hall–Kier alpha value is -0.860. The number of benzene rings is 1. The molecule has 0 saturated heterocycles. The molecule has 1 fully saturated rings. The average molecular weight is 237 g/mol. The van der Waals surface area contributed by atoms with Crippen LogP contribution in [0.2, 0.25) is 0 Å². The Balaban J connectivity index is 2.13. The van der Waals surface area contributed by atoms with Crippen LogP contribution in [0.1, 0.15) is 34.0 Å². The molecular formula is C12H9ClOS. The van der Waals surface area contributed by atoms with Crippen LogP contribution >= 0.6 is 22.9 Å². The average Bonchev–Trinajstić information content (AvgIpc) is 2.96. The molecule has 1 aromatic carbocycles. The smallest absolute Gasteiger partial charge is 0.262 e. The van der Waals surface area contributed by atoms with Gasteiger partial charge in [-0.15, -0.1) is 11.3 Å². The second kappa shape index (κ2) is 3.32. The molecule has 1 nitrogen and oxygen atoms in total. The van der Waals surface area contributed by atoms with Crippen LogP contribution in [0, 0.1) is 0 Å². The second-order valence-electron chi connectivity index (χ2n) is 3.96. The summed E-state index contributed by atoms with van der Waals surface area (Å²) in [7, 11) is 0. The summed E-state index contributed by atoms with van der Waals surface area (Å²) in [6, 6.07) is 8.34. The van der Waals surface area contributed by atoms with E-state index in [9.17, 15) is 4.79 Å². The van der Waals surface area contributed by atoms with E-state index in [0.29, 0.717) is 4.88 Å². The molecule has 1 saturated carbocycles. The van der Waals surface area contributed by atoms with E-state index in [4.69, 9.17) is 11.6 Å². The molecule has 1 aliphatic rings. The summed E-state index contributed by atoms with van der Waals surface area (Å²) in [5, 5.41) is 0.789. The van der Waals surface area contributed by atoms with Crippen LogP contribution < -0.4 is 0 Å². The van der Waals surface area contributed by atoms with Gasteiger partial charge in [0.05, 0.1) is 4.88 Å². The zero-order valence-corrected chi connectivity index (χ0v) is 9.57. The van der Waals surface area contributed by atoms with E-state index < -0.39 is 0 Å². The molecule has 0 unspecified atom stereocenters. The molecule has 15 heavy (non-hydrogen) atoms. The standard InChI is InChI=1S/C12H9ClOS/c13-12(14)11-6-9-5-8(7-1-2-7)3-4-10(9)15-11/h3-7H,1-2H2. The zero-order chi connectivity index (χ0) is 10.4. The molecule has 0 N–H and O–H groups in total. The third kappa shape index (κ3) is 1.68. The zero-order valence-electron chi connectivity index (χ0n) is 8.00. The maximum Gasteiger partial charge on any atom is 0.262 e. The van der Waals surface area contributed by atoms with Crippen LogP contribution in [0.15, 0.2) is 24.3 Å². The largest absolute Gasteiger partial charge is 0.275 e. The molecule has 3 rings (SSSR count). The van der Waals surface area contributed by atoms with Crippen LogP contribution in [-0.4, -0.2) is 5.24 Å². The van der Waals surface area contributed by atoms with Crippen molar-refractivity contribution in [2.45, 2.75) is 18.8 Å². The summed E-state index contributed by atoms with van der Waals surface area (Å²) in [6.45, 7) is 0. The van der Waals surface area contributed by atoms with Gasteiger partial charge >= 0.3 is 0 Å². The highest BCUT2D eigenvalue weighted by Crippen LogP contribution is 2.41. The van der Waals surface area contributed by atoms with Crippen molar-refractivity contribution in [2.75, 3.05) is 0 Å². The van der Waals surface area contributed by atoms with E-state index >= 15 is 0 Å². The fraction of sp³-hybridized carbons (Fsp3) is 0.250. The second-order valence-corrected chi connectivity index (χ2v) is 5.38. The molecular weight excluding hydrogens is 228 g/mol. The maximum atomic E-state index is 11.0. The molecule has 2 aromatic rings. The molecule has 0 atom stereocenters. The van der Waals surface area contributed by atoms with Crippen molar-refractivity contribution in [2.24, 2.45) is 0 Å². The number of carbonyl (C=O) groups is 1. The van der Waals surface area contributed by atoms with Crippen molar-refractivity contribution in [1.82, 2.24) is 0 Å². The highest BCUT2D eigenvalue weighted by Gasteiger charge is 2.23. The lowest BCUT2D eigenvalue weighted by Crippen LogP contribution is -1.79. The van der Waals surface area contributed by atoms with Crippen molar-refractivity contribution in [1.29, 1.82) is 0 Å². The van der Waals surface area contributed by atoms with Gasteiger partial charge in [0.15, 0.2) is 0 Å². The minimum absolute atomic E-state index is 0.357. The van der Waals surface area contributed by atoms with E-state index in [1.807, 2.05) is 6.07 Å². The summed E-state index contributed by atoms with van der Waals surface area (Å²) < 4.78 is 1.14. The topological polar surface area (TPSA) is 17.1 Å². The van der Waals surface area contributed by atoms with Crippen LogP contribution in [0.4, 0.5) is 0 Å². The van der Waals surface area contributed by atoms with Gasteiger partial charge < -0.3 is 0 Å². The van der Waals surface area contributed by atoms with Gasteiger partial charge in [-0.3, -0.25) is 4.79 Å². The van der Waals surface area contributed by atoms with Gasteiger partial charge in [-0.05, 0) is 53.4 Å². The summed E-state index contributed by atoms with van der Waals surface area (Å²) in [5.74, 6) is 0.754. The lowest BCUT2D eigenvalue weighted by molar-refractivity contribution is 0.108. The Kier molecular flexibility index (Phi) is 2.08. The quantitative estimate of drug-likeness (QED) is 0.716. The van der Waals surface area contributed by atoms with Crippen molar-refractivity contribution >= 4 is 38.3 Å². The van der Waals surface area contributed by atoms with Gasteiger partial charge in [-0.2, -0.15) is 0 Å². The molecule has 0 amide bonds. The number of carbonyl (C=O) groups excluding carboxylic acids is 1. The van der Waals surface area contributed by atoms with Gasteiger partial charge in [0.1, 0.15) is 0 Å². The Labute approximate surface area is 96.7 Å². The van der Waals surface area contributed by atoms with Gasteiger partial charge in [-0.25, -0.2) is 0 Å². The lowest BCUT2D eigenvalue weighted by Gasteiger charge is -1.96. The SMILES string of the molecule is O=C(Cl)c1cc2cc(C3CC3)ccc2s1. The molecule has 1 heterocycles. The molecule has 0 bridgehead atoms. The number of rotatable bonds is 2. The minimum Gasteiger partial charge on any atom is -0.275 e. The molecule has 3 heteroatoms. The minimum atomic E-state index is -0.357. The molecule has 1 aromatic heterocycles. The first-order valence-electron chi connectivity index (χ1n) is 4.97. The Bertz CT molecular complexity index is 540. The van der Waals surface area contributed by atoms with E-state index in [-0.39, 0.29) is 5.24 Å². The van der Waals surface area contributed by atoms with Gasteiger partial charge in [-0.1, -0.05) is 12.1 Å². The molecule has 0 spiro atoms. The molecule has 1 aliphatic carbocycles. The summed E-state index contributed by atoms with van der Waals surface area (Å²) in [6.07, 6.45) is 2.61. The predicted molar refractivity (Wildman–Crippen MR) is 64.0 cm³/mol. The van der Waals surface area contributed by atoms with Crippen LogP contribution in [0.25, 0.3) is 10.1 Å². The third-order valence-corrected chi connectivity index (χ3v) is 4.21. The number of halogens is 1. The normalized spacial score (nSPS) is 15.8. The highest BCUT2D eigenvalue weighted by molar-refractivity contribution is 7.22. The van der Waals surface area contributed by atoms with E-state index in [1.54, 1.807) is 0 Å². The number of hydrogen-bond donors (Lipinski definition) is 0. The van der Waals surface area contributed by atoms with Crippen LogP contribution in [0.5, 0.6) is 0 Å². The molecule has 0 radical (unpaired) electrons. The Morgan fingerprint density at radius 2 is 2.13 bits per heavy atom. The first-order chi connectivity index (χ1) is 7.24. The summed E-state index contributed by atoms with van der Waals surface area (Å²) >= 11 is 6.93. The first-order valence-corrected chi connectivity index (χ1v) is 6.17. The summed E-state index contributed by atoms with van der Waals surface area (Å²) in [5.41, 5.74) is 1.40. The van der Waals surface area contributed by atoms with Crippen molar-refractivity contribution in [3.05, 3.63) is 34.7 Å². The monoisotopic (exact) mass is 236 g/mol. The van der Waals surface area contributed by atoms with Crippen molar-refractivity contribution in [3.8, 4) is 0 Å².